The second-order valence-corrected chi connectivity index (χ2v) is 4.86. The van der Waals surface area contributed by atoms with Crippen LogP contribution in [0, 0.1) is 5.82 Å². The summed E-state index contributed by atoms with van der Waals surface area (Å²) in [5.41, 5.74) is 0.733. The Morgan fingerprint density at radius 1 is 1.62 bits per heavy atom. The Labute approximate surface area is 105 Å². The molecule has 0 aromatic carbocycles. The third-order valence-electron chi connectivity index (χ3n) is 2.46. The summed E-state index contributed by atoms with van der Waals surface area (Å²) in [6.45, 7) is 2.11. The average molecular weight is 263 g/mol. The van der Waals surface area contributed by atoms with Crippen LogP contribution in [0.2, 0.25) is 0 Å². The number of anilines is 1. The molecule has 5 heteroatoms. The van der Waals surface area contributed by atoms with Crippen LogP contribution in [0.25, 0.3) is 0 Å². The maximum atomic E-state index is 13.0. The number of pyridine rings is 1. The van der Waals surface area contributed by atoms with Crippen molar-refractivity contribution in [3.05, 3.63) is 23.6 Å². The first-order chi connectivity index (χ1) is 7.60. The lowest BCUT2D eigenvalue weighted by molar-refractivity contribution is 0.617. The Morgan fingerprint density at radius 3 is 2.88 bits per heavy atom. The average Bonchev–Trinajstić information content (AvgIpc) is 2.28. The number of thioether (sulfide) groups is 1. The standard InChI is InChI=1S/C11H16ClFN2S/c1-8(7-16-3)15(2)11-9(5-12)4-10(13)6-14-11/h4,6,8H,5,7H2,1-3H3. The van der Waals surface area contributed by atoms with Crippen molar-refractivity contribution in [2.45, 2.75) is 18.8 Å². The van der Waals surface area contributed by atoms with Crippen LogP contribution in [0.1, 0.15) is 12.5 Å². The molecule has 0 amide bonds. The molecule has 0 fully saturated rings. The fourth-order valence-corrected chi connectivity index (χ4v) is 2.35. The molecule has 16 heavy (non-hydrogen) atoms. The Kier molecular flexibility index (Phi) is 5.35. The second kappa shape index (κ2) is 6.30. The zero-order chi connectivity index (χ0) is 12.1. The smallest absolute Gasteiger partial charge is 0.141 e. The molecule has 0 aliphatic rings. The van der Waals surface area contributed by atoms with E-state index in [2.05, 4.69) is 18.2 Å². The summed E-state index contributed by atoms with van der Waals surface area (Å²) < 4.78 is 13.0. The molecule has 1 unspecified atom stereocenters. The maximum absolute atomic E-state index is 13.0. The van der Waals surface area contributed by atoms with E-state index < -0.39 is 0 Å². The van der Waals surface area contributed by atoms with E-state index in [0.29, 0.717) is 6.04 Å². The predicted molar refractivity (Wildman–Crippen MR) is 70.0 cm³/mol. The van der Waals surface area contributed by atoms with Crippen LogP contribution in [0.3, 0.4) is 0 Å². The molecule has 0 spiro atoms. The van der Waals surface area contributed by atoms with Crippen molar-refractivity contribution in [1.29, 1.82) is 0 Å². The highest BCUT2D eigenvalue weighted by Gasteiger charge is 2.14. The van der Waals surface area contributed by atoms with Crippen molar-refractivity contribution in [2.24, 2.45) is 0 Å². The first-order valence-electron chi connectivity index (χ1n) is 5.02. The fourth-order valence-electron chi connectivity index (χ4n) is 1.45. The molecular formula is C11H16ClFN2S. The van der Waals surface area contributed by atoms with Crippen LogP contribution in [0.5, 0.6) is 0 Å². The topological polar surface area (TPSA) is 16.1 Å². The highest BCUT2D eigenvalue weighted by molar-refractivity contribution is 7.98. The highest BCUT2D eigenvalue weighted by Crippen LogP contribution is 2.21. The van der Waals surface area contributed by atoms with E-state index in [1.807, 2.05) is 11.9 Å². The number of rotatable bonds is 5. The van der Waals surface area contributed by atoms with Gasteiger partial charge in [0.15, 0.2) is 0 Å². The molecule has 1 aromatic rings. The molecule has 1 heterocycles. The molecule has 0 N–H and O–H groups in total. The zero-order valence-electron chi connectivity index (χ0n) is 9.70. The summed E-state index contributed by atoms with van der Waals surface area (Å²) in [5, 5.41) is 0. The Morgan fingerprint density at radius 2 is 2.31 bits per heavy atom. The lowest BCUT2D eigenvalue weighted by Gasteiger charge is -2.27. The zero-order valence-corrected chi connectivity index (χ0v) is 11.3. The van der Waals surface area contributed by atoms with E-state index in [-0.39, 0.29) is 11.7 Å². The van der Waals surface area contributed by atoms with E-state index in [4.69, 9.17) is 11.6 Å². The van der Waals surface area contributed by atoms with Gasteiger partial charge in [-0.3, -0.25) is 0 Å². The number of nitrogens with zero attached hydrogens (tertiary/aromatic N) is 2. The van der Waals surface area contributed by atoms with E-state index in [1.54, 1.807) is 11.8 Å². The lowest BCUT2D eigenvalue weighted by atomic mass is 10.2. The largest absolute Gasteiger partial charge is 0.356 e. The van der Waals surface area contributed by atoms with Crippen LogP contribution in [-0.2, 0) is 5.88 Å². The number of alkyl halides is 1. The van der Waals surface area contributed by atoms with Crippen LogP contribution in [0.15, 0.2) is 12.3 Å². The van der Waals surface area contributed by atoms with Gasteiger partial charge in [0.25, 0.3) is 0 Å². The summed E-state index contributed by atoms with van der Waals surface area (Å²) in [6, 6.07) is 1.78. The molecule has 1 rings (SSSR count). The summed E-state index contributed by atoms with van der Waals surface area (Å²) in [6.07, 6.45) is 3.29. The second-order valence-electron chi connectivity index (χ2n) is 3.69. The van der Waals surface area contributed by atoms with Gasteiger partial charge in [0.1, 0.15) is 11.6 Å². The van der Waals surface area contributed by atoms with Gasteiger partial charge in [-0.1, -0.05) is 0 Å². The SMILES string of the molecule is CSCC(C)N(C)c1ncc(F)cc1CCl. The lowest BCUT2D eigenvalue weighted by Crippen LogP contribution is -2.32. The molecule has 1 atom stereocenters. The molecule has 1 aromatic heterocycles. The normalized spacial score (nSPS) is 12.6. The number of halogens is 2. The Bertz CT molecular complexity index is 349. The third kappa shape index (κ3) is 3.25. The Balaban J connectivity index is 2.93. The van der Waals surface area contributed by atoms with Crippen molar-refractivity contribution in [2.75, 3.05) is 24.0 Å². The van der Waals surface area contributed by atoms with Gasteiger partial charge in [-0.05, 0) is 19.2 Å². The van der Waals surface area contributed by atoms with Crippen molar-refractivity contribution >= 4 is 29.2 Å². The summed E-state index contributed by atoms with van der Waals surface area (Å²) in [7, 11) is 1.96. The van der Waals surface area contributed by atoms with Crippen molar-refractivity contribution in [3.63, 3.8) is 0 Å². The van der Waals surface area contributed by atoms with Gasteiger partial charge in [0.05, 0.1) is 12.1 Å². The third-order valence-corrected chi connectivity index (χ3v) is 3.56. The van der Waals surface area contributed by atoms with Crippen LogP contribution >= 0.6 is 23.4 Å². The summed E-state index contributed by atoms with van der Waals surface area (Å²) >= 11 is 7.56. The van der Waals surface area contributed by atoms with Crippen LogP contribution < -0.4 is 4.90 Å². The summed E-state index contributed by atoms with van der Waals surface area (Å²) in [4.78, 5) is 6.14. The molecule has 0 saturated carbocycles. The number of aromatic nitrogens is 1. The van der Waals surface area contributed by atoms with Gasteiger partial charge in [0, 0.05) is 24.4 Å². The van der Waals surface area contributed by atoms with E-state index in [0.717, 1.165) is 17.1 Å². The van der Waals surface area contributed by atoms with Crippen LogP contribution in [-0.4, -0.2) is 30.1 Å². The molecular weight excluding hydrogens is 247 g/mol. The van der Waals surface area contributed by atoms with Gasteiger partial charge < -0.3 is 4.90 Å². The fraction of sp³-hybridized carbons (Fsp3) is 0.545. The molecule has 0 bridgehead atoms. The predicted octanol–water partition coefficient (Wildman–Crippen LogP) is 3.15. The van der Waals surface area contributed by atoms with Gasteiger partial charge in [0.2, 0.25) is 0 Å². The molecule has 2 nitrogen and oxygen atoms in total. The minimum absolute atomic E-state index is 0.274. The number of hydrogen-bond acceptors (Lipinski definition) is 3. The molecule has 90 valence electrons. The van der Waals surface area contributed by atoms with Crippen molar-refractivity contribution in [1.82, 2.24) is 4.98 Å². The Hall–Kier alpha value is -0.480. The molecule has 0 aliphatic carbocycles. The van der Waals surface area contributed by atoms with Gasteiger partial charge in [-0.25, -0.2) is 9.37 Å². The van der Waals surface area contributed by atoms with Gasteiger partial charge >= 0.3 is 0 Å². The van der Waals surface area contributed by atoms with E-state index in [9.17, 15) is 4.39 Å². The minimum atomic E-state index is -0.342. The van der Waals surface area contributed by atoms with Gasteiger partial charge in [-0.2, -0.15) is 11.8 Å². The van der Waals surface area contributed by atoms with E-state index >= 15 is 0 Å². The number of hydrogen-bond donors (Lipinski definition) is 0. The molecule has 0 saturated heterocycles. The maximum Gasteiger partial charge on any atom is 0.141 e. The first-order valence-corrected chi connectivity index (χ1v) is 6.95. The van der Waals surface area contributed by atoms with E-state index in [1.165, 1.54) is 12.3 Å². The molecule has 0 aliphatic heterocycles. The first kappa shape index (κ1) is 13.6. The highest BCUT2D eigenvalue weighted by atomic mass is 35.5. The van der Waals surface area contributed by atoms with Crippen molar-refractivity contribution < 1.29 is 4.39 Å². The van der Waals surface area contributed by atoms with Crippen LogP contribution in [0.4, 0.5) is 10.2 Å². The quantitative estimate of drug-likeness (QED) is 0.759. The molecule has 0 radical (unpaired) electrons. The monoisotopic (exact) mass is 262 g/mol. The summed E-state index contributed by atoms with van der Waals surface area (Å²) in [5.74, 6) is 1.69. The minimum Gasteiger partial charge on any atom is -0.356 e. The van der Waals surface area contributed by atoms with Crippen molar-refractivity contribution in [3.8, 4) is 0 Å². The van der Waals surface area contributed by atoms with Gasteiger partial charge in [-0.15, -0.1) is 11.6 Å².